The number of ketones is 1. The number of phenols is 1. The number of benzene rings is 1. The zero-order chi connectivity index (χ0) is 16.4. The molecule has 0 radical (unpaired) electrons. The Hall–Kier alpha value is -0.900. The van der Waals surface area contributed by atoms with Crippen molar-refractivity contribution in [3.05, 3.63) is 28.0 Å². The largest absolute Gasteiger partial charge is 0.505 e. The number of carbonyl (C=O) groups excluding carboxylic acids is 1. The van der Waals surface area contributed by atoms with Crippen molar-refractivity contribution in [2.45, 2.75) is 53.9 Å². The monoisotopic (exact) mass is 358 g/mol. The molecule has 4 heteroatoms. The molecule has 1 aromatic rings. The van der Waals surface area contributed by atoms with Gasteiger partial charge in [0.2, 0.25) is 0 Å². The van der Waals surface area contributed by atoms with Crippen LogP contribution in [0.15, 0.2) is 16.6 Å². The SMILES string of the molecule is CC(C)(C)CC(C)(C)CC(=O)Cc1cc(Br)cc(F)c1O. The highest BCUT2D eigenvalue weighted by atomic mass is 79.9. The maximum absolute atomic E-state index is 13.5. The molecular weight excluding hydrogens is 335 g/mol. The molecular formula is C17H24BrFO2. The number of hydrogen-bond donors (Lipinski definition) is 1. The molecule has 0 atom stereocenters. The van der Waals surface area contributed by atoms with E-state index in [1.807, 2.05) is 0 Å². The van der Waals surface area contributed by atoms with Gasteiger partial charge in [0.1, 0.15) is 5.78 Å². The first-order chi connectivity index (χ1) is 9.39. The molecule has 118 valence electrons. The van der Waals surface area contributed by atoms with Gasteiger partial charge in [0.25, 0.3) is 0 Å². The van der Waals surface area contributed by atoms with Crippen LogP contribution in [-0.4, -0.2) is 10.9 Å². The maximum atomic E-state index is 13.5. The van der Waals surface area contributed by atoms with E-state index in [-0.39, 0.29) is 23.0 Å². The van der Waals surface area contributed by atoms with Gasteiger partial charge in [-0.15, -0.1) is 0 Å². The van der Waals surface area contributed by atoms with Crippen molar-refractivity contribution in [3.63, 3.8) is 0 Å². The molecule has 21 heavy (non-hydrogen) atoms. The quantitative estimate of drug-likeness (QED) is 0.779. The van der Waals surface area contributed by atoms with Gasteiger partial charge in [0.05, 0.1) is 0 Å². The van der Waals surface area contributed by atoms with Crippen LogP contribution in [0.1, 0.15) is 53.0 Å². The number of aromatic hydroxyl groups is 1. The molecule has 0 saturated carbocycles. The summed E-state index contributed by atoms with van der Waals surface area (Å²) in [5.41, 5.74) is 0.363. The second-order valence-electron chi connectivity index (χ2n) is 7.69. The van der Waals surface area contributed by atoms with Crippen molar-refractivity contribution >= 4 is 21.7 Å². The Bertz CT molecular complexity index is 530. The Kier molecular flexibility index (Phi) is 5.59. The van der Waals surface area contributed by atoms with E-state index in [1.165, 1.54) is 6.07 Å². The fourth-order valence-electron chi connectivity index (χ4n) is 3.06. The summed E-state index contributed by atoms with van der Waals surface area (Å²) in [6, 6.07) is 2.78. The molecule has 0 aliphatic heterocycles. The predicted octanol–water partition coefficient (Wildman–Crippen LogP) is 5.26. The first-order valence-corrected chi connectivity index (χ1v) is 7.87. The van der Waals surface area contributed by atoms with E-state index < -0.39 is 11.6 Å². The fraction of sp³-hybridized carbons (Fsp3) is 0.588. The van der Waals surface area contributed by atoms with Gasteiger partial charge in [-0.25, -0.2) is 4.39 Å². The summed E-state index contributed by atoms with van der Waals surface area (Å²) in [6.07, 6.45) is 1.39. The van der Waals surface area contributed by atoms with Crippen LogP contribution in [0.25, 0.3) is 0 Å². The summed E-state index contributed by atoms with van der Waals surface area (Å²) >= 11 is 3.18. The number of rotatable bonds is 5. The van der Waals surface area contributed by atoms with Crippen LogP contribution in [-0.2, 0) is 11.2 Å². The van der Waals surface area contributed by atoms with Gasteiger partial charge in [0, 0.05) is 22.9 Å². The van der Waals surface area contributed by atoms with E-state index in [2.05, 4.69) is 50.5 Å². The molecule has 0 aliphatic carbocycles. The average molecular weight is 359 g/mol. The molecule has 2 nitrogen and oxygen atoms in total. The lowest BCUT2D eigenvalue weighted by Crippen LogP contribution is -2.24. The second kappa shape index (κ2) is 6.47. The van der Waals surface area contributed by atoms with Gasteiger partial charge < -0.3 is 5.11 Å². The molecule has 0 aromatic heterocycles. The summed E-state index contributed by atoms with van der Waals surface area (Å²) in [5.74, 6) is -1.13. The lowest BCUT2D eigenvalue weighted by Gasteiger charge is -2.32. The molecule has 0 amide bonds. The summed E-state index contributed by atoms with van der Waals surface area (Å²) < 4.78 is 14.0. The van der Waals surface area contributed by atoms with Crippen LogP contribution < -0.4 is 0 Å². The molecule has 0 aliphatic rings. The summed E-state index contributed by atoms with van der Waals surface area (Å²) in [6.45, 7) is 10.6. The molecule has 0 spiro atoms. The molecule has 0 bridgehead atoms. The van der Waals surface area contributed by atoms with E-state index in [0.29, 0.717) is 16.5 Å². The average Bonchev–Trinajstić information content (AvgIpc) is 2.20. The number of Topliss-reactive ketones (excluding diaryl/α,β-unsaturated/α-hetero) is 1. The molecule has 1 N–H and O–H groups in total. The normalized spacial score (nSPS) is 12.5. The van der Waals surface area contributed by atoms with Crippen LogP contribution in [0.2, 0.25) is 0 Å². The smallest absolute Gasteiger partial charge is 0.166 e. The molecule has 0 heterocycles. The highest BCUT2D eigenvalue weighted by Crippen LogP contribution is 2.36. The zero-order valence-corrected chi connectivity index (χ0v) is 15.0. The van der Waals surface area contributed by atoms with Crippen LogP contribution in [0, 0.1) is 16.6 Å². The van der Waals surface area contributed by atoms with Crippen LogP contribution in [0.5, 0.6) is 5.75 Å². The molecule has 0 fully saturated rings. The number of phenolic OH excluding ortho intramolecular Hbond substituents is 1. The zero-order valence-electron chi connectivity index (χ0n) is 13.4. The third kappa shape index (κ3) is 6.16. The van der Waals surface area contributed by atoms with Crippen LogP contribution >= 0.6 is 15.9 Å². The minimum Gasteiger partial charge on any atom is -0.505 e. The number of carbonyl (C=O) groups is 1. The highest BCUT2D eigenvalue weighted by Gasteiger charge is 2.28. The summed E-state index contributed by atoms with van der Waals surface area (Å²) in [4.78, 5) is 12.2. The number of hydrogen-bond acceptors (Lipinski definition) is 2. The summed E-state index contributed by atoms with van der Waals surface area (Å²) in [5, 5.41) is 9.71. The van der Waals surface area contributed by atoms with Gasteiger partial charge in [-0.05, 0) is 29.4 Å². The van der Waals surface area contributed by atoms with Crippen molar-refractivity contribution in [3.8, 4) is 5.75 Å². The van der Waals surface area contributed by atoms with Gasteiger partial charge >= 0.3 is 0 Å². The van der Waals surface area contributed by atoms with E-state index in [9.17, 15) is 14.3 Å². The van der Waals surface area contributed by atoms with Crippen LogP contribution in [0.4, 0.5) is 4.39 Å². The molecule has 1 rings (SSSR count). The van der Waals surface area contributed by atoms with E-state index in [4.69, 9.17) is 0 Å². The maximum Gasteiger partial charge on any atom is 0.166 e. The minimum absolute atomic E-state index is 0.0112. The molecule has 0 unspecified atom stereocenters. The Labute approximate surface area is 134 Å². The van der Waals surface area contributed by atoms with Crippen LogP contribution in [0.3, 0.4) is 0 Å². The van der Waals surface area contributed by atoms with Gasteiger partial charge in [0.15, 0.2) is 11.6 Å². The summed E-state index contributed by atoms with van der Waals surface area (Å²) in [7, 11) is 0. The minimum atomic E-state index is -0.707. The van der Waals surface area contributed by atoms with Crippen molar-refractivity contribution in [1.82, 2.24) is 0 Å². The Morgan fingerprint density at radius 3 is 2.33 bits per heavy atom. The standard InChI is InChI=1S/C17H24BrFO2/c1-16(2,3)10-17(4,5)9-13(20)7-11-6-12(18)8-14(19)15(11)21/h6,8,21H,7,9-10H2,1-5H3. The lowest BCUT2D eigenvalue weighted by atomic mass is 9.73. The van der Waals surface area contributed by atoms with Gasteiger partial charge in [-0.1, -0.05) is 50.5 Å². The molecule has 1 aromatic carbocycles. The number of halogens is 2. The van der Waals surface area contributed by atoms with Crippen molar-refractivity contribution in [1.29, 1.82) is 0 Å². The van der Waals surface area contributed by atoms with E-state index >= 15 is 0 Å². The third-order valence-corrected chi connectivity index (χ3v) is 3.64. The fourth-order valence-corrected chi connectivity index (χ4v) is 3.54. The molecule has 0 saturated heterocycles. The second-order valence-corrected chi connectivity index (χ2v) is 8.60. The first-order valence-electron chi connectivity index (χ1n) is 7.08. The Morgan fingerprint density at radius 2 is 1.81 bits per heavy atom. The highest BCUT2D eigenvalue weighted by molar-refractivity contribution is 9.10. The van der Waals surface area contributed by atoms with E-state index in [1.54, 1.807) is 6.07 Å². The van der Waals surface area contributed by atoms with Crippen molar-refractivity contribution < 1.29 is 14.3 Å². The van der Waals surface area contributed by atoms with Crippen molar-refractivity contribution in [2.75, 3.05) is 0 Å². The Balaban J connectivity index is 2.79. The first kappa shape index (κ1) is 18.1. The Morgan fingerprint density at radius 1 is 1.24 bits per heavy atom. The lowest BCUT2D eigenvalue weighted by molar-refractivity contribution is -0.120. The van der Waals surface area contributed by atoms with Gasteiger partial charge in [-0.2, -0.15) is 0 Å². The third-order valence-electron chi connectivity index (χ3n) is 3.18. The topological polar surface area (TPSA) is 37.3 Å². The predicted molar refractivity (Wildman–Crippen MR) is 86.9 cm³/mol. The van der Waals surface area contributed by atoms with Gasteiger partial charge in [-0.3, -0.25) is 4.79 Å². The van der Waals surface area contributed by atoms with E-state index in [0.717, 1.165) is 6.42 Å². The van der Waals surface area contributed by atoms with Crippen molar-refractivity contribution in [2.24, 2.45) is 10.8 Å².